The van der Waals surface area contributed by atoms with Gasteiger partial charge in [0, 0.05) is 6.54 Å². The zero-order chi connectivity index (χ0) is 16.9. The number of nitrogens with one attached hydrogen (secondary N) is 1. The van der Waals surface area contributed by atoms with E-state index in [4.69, 9.17) is 14.6 Å². The van der Waals surface area contributed by atoms with Crippen LogP contribution in [0, 0.1) is 0 Å². The molecule has 1 heterocycles. The summed E-state index contributed by atoms with van der Waals surface area (Å²) in [6, 6.07) is 15.5. The molecule has 0 saturated carbocycles. The molecule has 0 radical (unpaired) electrons. The molecule has 2 N–H and O–H groups in total. The van der Waals surface area contributed by atoms with Crippen molar-refractivity contribution < 1.29 is 19.4 Å². The highest BCUT2D eigenvalue weighted by molar-refractivity contribution is 8.01. The second-order valence-corrected chi connectivity index (χ2v) is 6.77. The van der Waals surface area contributed by atoms with Gasteiger partial charge in [-0.2, -0.15) is 0 Å². The standard InChI is InChI=1S/C18H19NO4S/c1-22-14-6-2-12(3-7-14)11-23-15-8-4-13(5-9-15)17-19-10-16(24-17)18(20)21/h2-9,16-17,19H,10-11H2,1H3,(H,20,21)/t16-,17+/m0/s1. The first-order chi connectivity index (χ1) is 11.7. The van der Waals surface area contributed by atoms with Crippen LogP contribution in [0.2, 0.25) is 0 Å². The third-order valence-electron chi connectivity index (χ3n) is 3.81. The minimum atomic E-state index is -0.769. The van der Waals surface area contributed by atoms with Crippen molar-refractivity contribution in [3.63, 3.8) is 0 Å². The van der Waals surface area contributed by atoms with E-state index in [0.717, 1.165) is 22.6 Å². The van der Waals surface area contributed by atoms with Gasteiger partial charge >= 0.3 is 5.97 Å². The fourth-order valence-corrected chi connectivity index (χ4v) is 3.59. The predicted octanol–water partition coefficient (Wildman–Crippen LogP) is 3.06. The van der Waals surface area contributed by atoms with Gasteiger partial charge in [-0.15, -0.1) is 11.8 Å². The Hall–Kier alpha value is -2.18. The van der Waals surface area contributed by atoms with Crippen LogP contribution in [0.25, 0.3) is 0 Å². The second-order valence-electron chi connectivity index (χ2n) is 5.46. The normalized spacial score (nSPS) is 19.9. The van der Waals surface area contributed by atoms with Crippen LogP contribution in [0.4, 0.5) is 0 Å². The molecule has 1 fully saturated rings. The van der Waals surface area contributed by atoms with E-state index in [-0.39, 0.29) is 10.6 Å². The first-order valence-corrected chi connectivity index (χ1v) is 8.57. The number of thioether (sulfide) groups is 1. The number of hydrogen-bond donors (Lipinski definition) is 2. The Balaban J connectivity index is 1.55. The average molecular weight is 345 g/mol. The van der Waals surface area contributed by atoms with Crippen molar-refractivity contribution in [3.05, 3.63) is 59.7 Å². The number of rotatable bonds is 6. The first-order valence-electron chi connectivity index (χ1n) is 7.63. The fourth-order valence-electron chi connectivity index (χ4n) is 2.44. The molecule has 3 rings (SSSR count). The minimum Gasteiger partial charge on any atom is -0.497 e. The molecule has 1 saturated heterocycles. The Bertz CT molecular complexity index is 687. The van der Waals surface area contributed by atoms with Crippen LogP contribution in [0.1, 0.15) is 16.5 Å². The van der Waals surface area contributed by atoms with E-state index in [1.165, 1.54) is 11.8 Å². The number of benzene rings is 2. The Morgan fingerprint density at radius 3 is 2.42 bits per heavy atom. The summed E-state index contributed by atoms with van der Waals surface area (Å²) in [5.74, 6) is 0.839. The van der Waals surface area contributed by atoms with Crippen molar-refractivity contribution in [2.75, 3.05) is 13.7 Å². The van der Waals surface area contributed by atoms with Gasteiger partial charge < -0.3 is 14.6 Å². The van der Waals surface area contributed by atoms with E-state index in [0.29, 0.717) is 13.2 Å². The maximum absolute atomic E-state index is 11.0. The van der Waals surface area contributed by atoms with Crippen LogP contribution >= 0.6 is 11.8 Å². The van der Waals surface area contributed by atoms with Gasteiger partial charge in [0.05, 0.1) is 12.5 Å². The smallest absolute Gasteiger partial charge is 0.318 e. The molecule has 0 amide bonds. The van der Waals surface area contributed by atoms with Crippen LogP contribution in [-0.4, -0.2) is 30.0 Å². The highest BCUT2D eigenvalue weighted by atomic mass is 32.2. The molecule has 5 nitrogen and oxygen atoms in total. The molecule has 1 aliphatic heterocycles. The summed E-state index contributed by atoms with van der Waals surface area (Å²) in [5.41, 5.74) is 2.12. The minimum absolute atomic E-state index is 0.0155. The average Bonchev–Trinajstić information content (AvgIpc) is 3.11. The van der Waals surface area contributed by atoms with Crippen LogP contribution in [-0.2, 0) is 11.4 Å². The van der Waals surface area contributed by atoms with Crippen molar-refractivity contribution in [1.82, 2.24) is 5.32 Å². The summed E-state index contributed by atoms with van der Waals surface area (Å²) in [6.45, 7) is 0.973. The third kappa shape index (κ3) is 4.01. The van der Waals surface area contributed by atoms with E-state index in [1.54, 1.807) is 7.11 Å². The summed E-state index contributed by atoms with van der Waals surface area (Å²) < 4.78 is 10.9. The first kappa shape index (κ1) is 16.7. The van der Waals surface area contributed by atoms with Crippen molar-refractivity contribution in [1.29, 1.82) is 0 Å². The number of methoxy groups -OCH3 is 1. The fraction of sp³-hybridized carbons (Fsp3) is 0.278. The van der Waals surface area contributed by atoms with E-state index in [2.05, 4.69) is 5.32 Å². The molecular weight excluding hydrogens is 326 g/mol. The highest BCUT2D eigenvalue weighted by Gasteiger charge is 2.30. The van der Waals surface area contributed by atoms with Crippen LogP contribution in [0.3, 0.4) is 0 Å². The lowest BCUT2D eigenvalue weighted by molar-refractivity contribution is -0.136. The maximum atomic E-state index is 11.0. The van der Waals surface area contributed by atoms with Crippen molar-refractivity contribution in [2.24, 2.45) is 0 Å². The lowest BCUT2D eigenvalue weighted by Gasteiger charge is -2.12. The molecule has 0 aromatic heterocycles. The van der Waals surface area contributed by atoms with Crippen LogP contribution in [0.15, 0.2) is 48.5 Å². The van der Waals surface area contributed by atoms with E-state index in [9.17, 15) is 4.79 Å². The molecule has 2 aromatic rings. The second kappa shape index (κ2) is 7.59. The number of carboxylic acid groups (broad SMARTS) is 1. The molecule has 2 aromatic carbocycles. The molecule has 2 atom stereocenters. The van der Waals surface area contributed by atoms with Gasteiger partial charge in [-0.1, -0.05) is 24.3 Å². The third-order valence-corrected chi connectivity index (χ3v) is 5.22. The molecule has 0 spiro atoms. The van der Waals surface area contributed by atoms with Crippen molar-refractivity contribution in [2.45, 2.75) is 17.2 Å². The molecule has 6 heteroatoms. The summed E-state index contributed by atoms with van der Waals surface area (Å²) >= 11 is 1.43. The number of aliphatic carboxylic acids is 1. The van der Waals surface area contributed by atoms with Crippen molar-refractivity contribution in [3.8, 4) is 11.5 Å². The van der Waals surface area contributed by atoms with Gasteiger partial charge in [-0.05, 0) is 35.4 Å². The Labute approximate surface area is 145 Å². The zero-order valence-electron chi connectivity index (χ0n) is 13.3. The van der Waals surface area contributed by atoms with E-state index < -0.39 is 5.97 Å². The Morgan fingerprint density at radius 2 is 1.83 bits per heavy atom. The molecular formula is C18H19NO4S. The molecule has 126 valence electrons. The van der Waals surface area contributed by atoms with E-state index >= 15 is 0 Å². The monoisotopic (exact) mass is 345 g/mol. The van der Waals surface area contributed by atoms with Gasteiger partial charge in [0.15, 0.2) is 0 Å². The lowest BCUT2D eigenvalue weighted by atomic mass is 10.2. The van der Waals surface area contributed by atoms with Gasteiger partial charge in [-0.3, -0.25) is 10.1 Å². The maximum Gasteiger partial charge on any atom is 0.318 e. The summed E-state index contributed by atoms with van der Waals surface area (Å²) in [4.78, 5) is 11.0. The number of hydrogen-bond acceptors (Lipinski definition) is 5. The topological polar surface area (TPSA) is 67.8 Å². The van der Waals surface area contributed by atoms with Gasteiger partial charge in [-0.25, -0.2) is 0 Å². The van der Waals surface area contributed by atoms with Gasteiger partial charge in [0.25, 0.3) is 0 Å². The Kier molecular flexibility index (Phi) is 5.27. The largest absolute Gasteiger partial charge is 0.497 e. The van der Waals surface area contributed by atoms with Crippen LogP contribution in [0.5, 0.6) is 11.5 Å². The van der Waals surface area contributed by atoms with Gasteiger partial charge in [0.2, 0.25) is 0 Å². The van der Waals surface area contributed by atoms with Gasteiger partial charge in [0.1, 0.15) is 23.4 Å². The predicted molar refractivity (Wildman–Crippen MR) is 93.5 cm³/mol. The lowest BCUT2D eigenvalue weighted by Crippen LogP contribution is -2.21. The summed E-state index contributed by atoms with van der Waals surface area (Å²) in [5, 5.41) is 11.9. The summed E-state index contributed by atoms with van der Waals surface area (Å²) in [7, 11) is 1.64. The van der Waals surface area contributed by atoms with Crippen LogP contribution < -0.4 is 14.8 Å². The molecule has 24 heavy (non-hydrogen) atoms. The molecule has 0 aliphatic carbocycles. The molecule has 0 unspecified atom stereocenters. The quantitative estimate of drug-likeness (QED) is 0.839. The zero-order valence-corrected chi connectivity index (χ0v) is 14.1. The highest BCUT2D eigenvalue weighted by Crippen LogP contribution is 2.35. The van der Waals surface area contributed by atoms with E-state index in [1.807, 2.05) is 48.5 Å². The molecule has 0 bridgehead atoms. The number of ether oxygens (including phenoxy) is 2. The molecule has 1 aliphatic rings. The number of carboxylic acids is 1. The number of carbonyl (C=O) groups is 1. The summed E-state index contributed by atoms with van der Waals surface area (Å²) in [6.07, 6.45) is 0. The Morgan fingerprint density at radius 1 is 1.17 bits per heavy atom. The van der Waals surface area contributed by atoms with Crippen molar-refractivity contribution >= 4 is 17.7 Å². The SMILES string of the molecule is COc1ccc(COc2ccc([C@@H]3NC[C@@H](C(=O)O)S3)cc2)cc1.